The molecule has 2 fully saturated rings. The van der Waals surface area contributed by atoms with Crippen LogP contribution in [0.5, 0.6) is 0 Å². The molecule has 4 aromatic rings. The summed E-state index contributed by atoms with van der Waals surface area (Å²) < 4.78 is 48.4. The summed E-state index contributed by atoms with van der Waals surface area (Å²) >= 11 is 6.04. The molecule has 51 heavy (non-hydrogen) atoms. The van der Waals surface area contributed by atoms with E-state index in [1.165, 1.54) is 19.3 Å². The van der Waals surface area contributed by atoms with E-state index >= 15 is 13.2 Å². The minimum absolute atomic E-state index is 0.00948. The Balaban J connectivity index is 1.32. The van der Waals surface area contributed by atoms with Crippen molar-refractivity contribution in [3.05, 3.63) is 58.4 Å². The first-order valence-electron chi connectivity index (χ1n) is 17.6. The van der Waals surface area contributed by atoms with Crippen LogP contribution in [0.2, 0.25) is 5.02 Å². The van der Waals surface area contributed by atoms with E-state index in [9.17, 15) is 9.59 Å². The van der Waals surface area contributed by atoms with Gasteiger partial charge in [-0.2, -0.15) is 4.39 Å². The van der Waals surface area contributed by atoms with E-state index < -0.39 is 39.6 Å². The van der Waals surface area contributed by atoms with Gasteiger partial charge in [0.15, 0.2) is 17.5 Å². The molecule has 10 nitrogen and oxygen atoms in total. The summed E-state index contributed by atoms with van der Waals surface area (Å²) in [5, 5.41) is 4.75. The Labute approximate surface area is 299 Å². The molecule has 3 aliphatic rings. The number of likely N-dealkylation sites (tertiary alicyclic amines) is 1. The second kappa shape index (κ2) is 12.8. The van der Waals surface area contributed by atoms with Gasteiger partial charge in [-0.05, 0) is 98.5 Å². The van der Waals surface area contributed by atoms with Gasteiger partial charge < -0.3 is 20.1 Å². The molecule has 2 aliphatic heterocycles. The van der Waals surface area contributed by atoms with E-state index in [2.05, 4.69) is 32.4 Å². The van der Waals surface area contributed by atoms with Gasteiger partial charge in [-0.15, -0.1) is 0 Å². The maximum absolute atomic E-state index is 16.2. The number of imidazole rings is 1. The van der Waals surface area contributed by atoms with E-state index in [-0.39, 0.29) is 52.7 Å². The summed E-state index contributed by atoms with van der Waals surface area (Å²) in [6, 6.07) is 4.16. The Kier molecular flexibility index (Phi) is 8.81. The molecule has 5 heterocycles. The van der Waals surface area contributed by atoms with Crippen LogP contribution in [0, 0.1) is 17.6 Å². The second-order valence-corrected chi connectivity index (χ2v) is 15.3. The number of benzene rings is 1. The first kappa shape index (κ1) is 35.2. The summed E-state index contributed by atoms with van der Waals surface area (Å²) in [6.45, 7) is 13.7. The van der Waals surface area contributed by atoms with Gasteiger partial charge in [0.2, 0.25) is 11.9 Å². The lowest BCUT2D eigenvalue weighted by atomic mass is 9.71. The summed E-state index contributed by atoms with van der Waals surface area (Å²) in [5.74, 6) is -4.31. The maximum atomic E-state index is 16.2. The summed E-state index contributed by atoms with van der Waals surface area (Å²) in [6.07, 6.45) is 6.76. The molecule has 270 valence electrons. The largest absolute Gasteiger partial charge is 0.352 e. The highest BCUT2D eigenvalue weighted by atomic mass is 35.5. The lowest BCUT2D eigenvalue weighted by molar-refractivity contribution is -0.123. The highest BCUT2D eigenvalue weighted by Gasteiger charge is 2.55. The number of nitrogens with zero attached hydrogens (tertiary/aromatic N) is 6. The number of halogens is 4. The van der Waals surface area contributed by atoms with Crippen LogP contribution in [0.25, 0.3) is 22.3 Å². The number of aromatic nitrogens is 4. The minimum Gasteiger partial charge on any atom is -0.352 e. The number of carbonyl (C=O) groups excluding carboxylic acids is 2. The number of anilines is 3. The first-order chi connectivity index (χ1) is 24.2. The minimum atomic E-state index is -1.40. The monoisotopic (exact) mass is 722 g/mol. The van der Waals surface area contributed by atoms with E-state index in [1.54, 1.807) is 48.7 Å². The quantitative estimate of drug-likeness (QED) is 0.142. The molecule has 0 spiro atoms. The molecule has 0 bridgehead atoms. The zero-order chi connectivity index (χ0) is 36.6. The average molecular weight is 723 g/mol. The Bertz CT molecular complexity index is 2070. The first-order valence-corrected chi connectivity index (χ1v) is 17.9. The van der Waals surface area contributed by atoms with Gasteiger partial charge in [-0.25, -0.2) is 23.7 Å². The number of piperidine rings is 1. The van der Waals surface area contributed by atoms with Crippen molar-refractivity contribution in [1.29, 1.82) is 0 Å². The second-order valence-electron chi connectivity index (χ2n) is 15.0. The van der Waals surface area contributed by atoms with Crippen molar-refractivity contribution in [3.8, 4) is 11.3 Å². The van der Waals surface area contributed by atoms with Gasteiger partial charge in [0.25, 0.3) is 5.91 Å². The van der Waals surface area contributed by atoms with Crippen LogP contribution >= 0.6 is 11.6 Å². The molecule has 1 saturated heterocycles. The van der Waals surface area contributed by atoms with Crippen LogP contribution in [0.3, 0.4) is 0 Å². The number of rotatable bonds is 8. The third kappa shape index (κ3) is 5.72. The van der Waals surface area contributed by atoms with Gasteiger partial charge in [-0.3, -0.25) is 14.5 Å². The molecule has 0 atom stereocenters. The molecular formula is C37H42ClF3N8O2. The predicted molar refractivity (Wildman–Crippen MR) is 191 cm³/mol. The van der Waals surface area contributed by atoms with Crippen molar-refractivity contribution in [1.82, 2.24) is 29.7 Å². The lowest BCUT2D eigenvalue weighted by Gasteiger charge is -2.55. The number of carbonyl (C=O) groups is 2. The lowest BCUT2D eigenvalue weighted by Crippen LogP contribution is -2.64. The van der Waals surface area contributed by atoms with E-state index in [0.29, 0.717) is 22.4 Å². The van der Waals surface area contributed by atoms with Gasteiger partial charge in [0, 0.05) is 24.2 Å². The summed E-state index contributed by atoms with van der Waals surface area (Å²) in [5.41, 5.74) is 0.183. The molecular weight excluding hydrogens is 681 g/mol. The third-order valence-corrected chi connectivity index (χ3v) is 11.1. The molecule has 0 unspecified atom stereocenters. The third-order valence-electron chi connectivity index (χ3n) is 10.8. The van der Waals surface area contributed by atoms with E-state index in [0.717, 1.165) is 32.0 Å². The topological polar surface area (TPSA) is 108 Å². The molecule has 3 aromatic heterocycles. The Morgan fingerprint density at radius 2 is 1.75 bits per heavy atom. The molecule has 1 saturated carbocycles. The van der Waals surface area contributed by atoms with E-state index in [1.807, 2.05) is 13.8 Å². The van der Waals surface area contributed by atoms with Gasteiger partial charge >= 0.3 is 0 Å². The number of fused-ring (bicyclic) bond motifs is 2. The smallest absolute Gasteiger partial charge is 0.252 e. The van der Waals surface area contributed by atoms with Crippen molar-refractivity contribution in [3.63, 3.8) is 0 Å². The Morgan fingerprint density at radius 3 is 2.41 bits per heavy atom. The van der Waals surface area contributed by atoms with Crippen molar-refractivity contribution in [2.75, 3.05) is 29.9 Å². The fraction of sp³-hybridized carbons (Fsp3) is 0.486. The maximum Gasteiger partial charge on any atom is 0.252 e. The predicted octanol–water partition coefficient (Wildman–Crippen LogP) is 7.67. The summed E-state index contributed by atoms with van der Waals surface area (Å²) in [7, 11) is 0. The van der Waals surface area contributed by atoms with Crippen LogP contribution in [-0.4, -0.2) is 67.4 Å². The van der Waals surface area contributed by atoms with Crippen LogP contribution in [0.1, 0.15) is 95.7 Å². The van der Waals surface area contributed by atoms with Crippen molar-refractivity contribution < 1.29 is 22.8 Å². The number of nitrogens with one attached hydrogen (secondary N) is 2. The fourth-order valence-corrected chi connectivity index (χ4v) is 8.15. The number of pyridine rings is 2. The van der Waals surface area contributed by atoms with Crippen molar-refractivity contribution >= 4 is 51.6 Å². The standard InChI is InChI=1S/C37H42ClF3N8O2/c1-7-42-34(50)22-13-24(28(39)29(40)27(22)38)45-33-30-25(43-18-48(30)19(2)3)15-23(44-33)21-14-26-31(46-32(21)41)36(4,5)35(51)49(26)20-16-37(6,17-20)47-11-9-8-10-12-47/h13-15,18-20H,7-12,16-17H2,1-6H3,(H,42,50)(H,44,45)/t20-,37+. The highest BCUT2D eigenvalue weighted by molar-refractivity contribution is 6.34. The zero-order valence-corrected chi connectivity index (χ0v) is 30.4. The van der Waals surface area contributed by atoms with Gasteiger partial charge in [-0.1, -0.05) is 18.0 Å². The highest BCUT2D eigenvalue weighted by Crippen LogP contribution is 2.50. The summed E-state index contributed by atoms with van der Waals surface area (Å²) in [4.78, 5) is 44.6. The number of hydrogen-bond acceptors (Lipinski definition) is 7. The van der Waals surface area contributed by atoms with Crippen LogP contribution in [-0.2, 0) is 10.2 Å². The molecule has 1 aromatic carbocycles. The van der Waals surface area contributed by atoms with Crippen LogP contribution < -0.4 is 15.5 Å². The normalized spacial score (nSPS) is 21.7. The average Bonchev–Trinajstić information content (AvgIpc) is 3.60. The number of amides is 2. The molecule has 1 aliphatic carbocycles. The Hall–Kier alpha value is -4.23. The van der Waals surface area contributed by atoms with Crippen molar-refractivity contribution in [2.24, 2.45) is 0 Å². The van der Waals surface area contributed by atoms with E-state index in [4.69, 9.17) is 16.6 Å². The number of hydrogen-bond donors (Lipinski definition) is 2. The van der Waals surface area contributed by atoms with Crippen LogP contribution in [0.15, 0.2) is 24.5 Å². The van der Waals surface area contributed by atoms with Gasteiger partial charge in [0.1, 0.15) is 5.52 Å². The SMILES string of the molecule is CCNC(=O)c1cc(Nc2nc(-c3cc4c(nc3F)C(C)(C)C(=O)N4[C@H]3C[C@@](C)(N4CCCCC4)C3)cc3ncn(C(C)C)c23)c(F)c(F)c1Cl. The van der Waals surface area contributed by atoms with Crippen LogP contribution in [0.4, 0.5) is 30.4 Å². The molecule has 7 rings (SSSR count). The van der Waals surface area contributed by atoms with Crippen molar-refractivity contribution in [2.45, 2.75) is 96.7 Å². The molecule has 0 radical (unpaired) electrons. The van der Waals surface area contributed by atoms with Gasteiger partial charge in [0.05, 0.1) is 56.2 Å². The fourth-order valence-electron chi connectivity index (χ4n) is 7.93. The molecule has 14 heteroatoms. The molecule has 2 amide bonds. The zero-order valence-electron chi connectivity index (χ0n) is 29.6. The molecule has 2 N–H and O–H groups in total. The Morgan fingerprint density at radius 1 is 1.04 bits per heavy atom.